The van der Waals surface area contributed by atoms with Crippen LogP contribution in [0.5, 0.6) is 11.5 Å². The van der Waals surface area contributed by atoms with Gasteiger partial charge in [0, 0.05) is 32.5 Å². The summed E-state index contributed by atoms with van der Waals surface area (Å²) in [4.78, 5) is 25.5. The summed E-state index contributed by atoms with van der Waals surface area (Å²) in [5, 5.41) is 2.73. The average molecular weight is 382 g/mol. The smallest absolute Gasteiger partial charge is 0.231 e. The summed E-state index contributed by atoms with van der Waals surface area (Å²) in [6.07, 6.45) is 0.572. The van der Waals surface area contributed by atoms with Crippen LogP contribution in [0, 0.1) is 0 Å². The molecule has 0 aliphatic carbocycles. The van der Waals surface area contributed by atoms with E-state index in [0.29, 0.717) is 24.5 Å². The lowest BCUT2D eigenvalue weighted by Gasteiger charge is -2.21. The minimum absolute atomic E-state index is 0.00758. The predicted octanol–water partition coefficient (Wildman–Crippen LogP) is 0.457. The van der Waals surface area contributed by atoms with Gasteiger partial charge in [-0.25, -0.2) is 8.42 Å². The third kappa shape index (κ3) is 4.66. The number of carbonyl (C=O) groups is 2. The first-order valence-electron chi connectivity index (χ1n) is 8.46. The Morgan fingerprint density at radius 3 is 2.73 bits per heavy atom. The summed E-state index contributed by atoms with van der Waals surface area (Å²) >= 11 is 0. The number of nitrogens with one attached hydrogen (secondary N) is 1. The summed E-state index contributed by atoms with van der Waals surface area (Å²) in [6, 6.07) is 5.14. The number of amides is 2. The Balaban J connectivity index is 1.52. The van der Waals surface area contributed by atoms with Gasteiger partial charge in [-0.2, -0.15) is 0 Å². The van der Waals surface area contributed by atoms with Crippen molar-refractivity contribution in [3.63, 3.8) is 0 Å². The van der Waals surface area contributed by atoms with Crippen molar-refractivity contribution in [2.24, 2.45) is 0 Å². The molecule has 2 amide bonds. The third-order valence-corrected chi connectivity index (χ3v) is 6.23. The van der Waals surface area contributed by atoms with E-state index < -0.39 is 9.84 Å². The highest BCUT2D eigenvalue weighted by Gasteiger charge is 2.29. The van der Waals surface area contributed by atoms with Gasteiger partial charge in [-0.15, -0.1) is 0 Å². The van der Waals surface area contributed by atoms with Crippen LogP contribution < -0.4 is 14.8 Å². The van der Waals surface area contributed by atoms with Crippen molar-refractivity contribution >= 4 is 21.7 Å². The highest BCUT2D eigenvalue weighted by molar-refractivity contribution is 7.91. The summed E-state index contributed by atoms with van der Waals surface area (Å²) in [7, 11) is -3.03. The monoisotopic (exact) mass is 382 g/mol. The second-order valence-corrected chi connectivity index (χ2v) is 8.77. The van der Waals surface area contributed by atoms with Gasteiger partial charge in [0.05, 0.1) is 11.5 Å². The van der Waals surface area contributed by atoms with Gasteiger partial charge in [0.15, 0.2) is 21.3 Å². The number of hydrogen-bond acceptors (Lipinski definition) is 6. The summed E-state index contributed by atoms with van der Waals surface area (Å²) in [5.74, 6) is 1.04. The maximum Gasteiger partial charge on any atom is 0.231 e. The number of sulfone groups is 1. The van der Waals surface area contributed by atoms with Gasteiger partial charge in [-0.3, -0.25) is 9.59 Å². The summed E-state index contributed by atoms with van der Waals surface area (Å²) < 4.78 is 33.5. The van der Waals surface area contributed by atoms with E-state index in [1.54, 1.807) is 11.0 Å². The number of ether oxygens (including phenoxy) is 2. The largest absolute Gasteiger partial charge is 0.454 e. The molecule has 2 heterocycles. The van der Waals surface area contributed by atoms with E-state index in [2.05, 4.69) is 5.32 Å². The van der Waals surface area contributed by atoms with E-state index in [1.807, 2.05) is 12.1 Å². The molecule has 1 aromatic carbocycles. The zero-order chi connectivity index (χ0) is 18.7. The molecule has 142 valence electrons. The van der Waals surface area contributed by atoms with E-state index >= 15 is 0 Å². The van der Waals surface area contributed by atoms with Gasteiger partial charge < -0.3 is 19.7 Å². The molecule has 1 N–H and O–H groups in total. The van der Waals surface area contributed by atoms with E-state index in [4.69, 9.17) is 9.47 Å². The molecular weight excluding hydrogens is 360 g/mol. The maximum atomic E-state index is 12.1. The molecule has 1 saturated heterocycles. The van der Waals surface area contributed by atoms with Crippen LogP contribution in [-0.4, -0.2) is 56.0 Å². The standard InChI is InChI=1S/C17H22N2O6S/c1-12(20)19(9-13-2-3-15-16(8-13)25-11-24-15)6-4-17(21)18-14-5-7-26(22,23)10-14/h2-3,8,14H,4-7,9-11H2,1H3,(H,18,21). The number of nitrogens with zero attached hydrogens (tertiary/aromatic N) is 1. The average Bonchev–Trinajstić information content (AvgIpc) is 3.16. The Labute approximate surface area is 152 Å². The molecule has 0 bridgehead atoms. The van der Waals surface area contributed by atoms with Crippen LogP contribution in [0.2, 0.25) is 0 Å². The predicted molar refractivity (Wildman–Crippen MR) is 93.5 cm³/mol. The van der Waals surface area contributed by atoms with Gasteiger partial charge in [0.25, 0.3) is 0 Å². The Kier molecular flexibility index (Phi) is 5.36. The van der Waals surface area contributed by atoms with Crippen molar-refractivity contribution in [1.29, 1.82) is 0 Å². The number of benzene rings is 1. The molecule has 0 saturated carbocycles. The van der Waals surface area contributed by atoms with Crippen molar-refractivity contribution < 1.29 is 27.5 Å². The lowest BCUT2D eigenvalue weighted by Crippen LogP contribution is -2.38. The zero-order valence-electron chi connectivity index (χ0n) is 14.6. The SMILES string of the molecule is CC(=O)N(CCC(=O)NC1CCS(=O)(=O)C1)Cc1ccc2c(c1)OCO2. The van der Waals surface area contributed by atoms with E-state index in [9.17, 15) is 18.0 Å². The normalized spacial score (nSPS) is 20.0. The number of fused-ring (bicyclic) bond motifs is 1. The van der Waals surface area contributed by atoms with Crippen molar-refractivity contribution in [2.75, 3.05) is 24.8 Å². The summed E-state index contributed by atoms with van der Waals surface area (Å²) in [6.45, 7) is 2.26. The first-order valence-corrected chi connectivity index (χ1v) is 10.3. The van der Waals surface area contributed by atoms with Gasteiger partial charge in [0.2, 0.25) is 18.6 Å². The van der Waals surface area contributed by atoms with Crippen molar-refractivity contribution in [3.8, 4) is 11.5 Å². The Bertz CT molecular complexity index is 807. The number of carbonyl (C=O) groups excluding carboxylic acids is 2. The molecule has 9 heteroatoms. The Hall–Kier alpha value is -2.29. The second-order valence-electron chi connectivity index (χ2n) is 6.55. The van der Waals surface area contributed by atoms with Crippen LogP contribution in [0.4, 0.5) is 0 Å². The lowest BCUT2D eigenvalue weighted by molar-refractivity contribution is -0.130. The minimum atomic E-state index is -3.03. The van der Waals surface area contributed by atoms with Crippen LogP contribution in [0.25, 0.3) is 0 Å². The molecule has 1 atom stereocenters. The molecule has 1 fully saturated rings. The van der Waals surface area contributed by atoms with Crippen molar-refractivity contribution in [2.45, 2.75) is 32.4 Å². The fraction of sp³-hybridized carbons (Fsp3) is 0.529. The third-order valence-electron chi connectivity index (χ3n) is 4.46. The van der Waals surface area contributed by atoms with Crippen molar-refractivity contribution in [3.05, 3.63) is 23.8 Å². The molecule has 2 aliphatic heterocycles. The van der Waals surface area contributed by atoms with Crippen LogP contribution in [0.1, 0.15) is 25.3 Å². The van der Waals surface area contributed by atoms with Gasteiger partial charge in [-0.1, -0.05) is 6.07 Å². The lowest BCUT2D eigenvalue weighted by atomic mass is 10.2. The first kappa shape index (κ1) is 18.5. The fourth-order valence-corrected chi connectivity index (χ4v) is 4.73. The molecule has 2 aliphatic rings. The van der Waals surface area contributed by atoms with Crippen LogP contribution >= 0.6 is 0 Å². The molecule has 1 aromatic rings. The van der Waals surface area contributed by atoms with E-state index in [1.165, 1.54) is 6.92 Å². The number of hydrogen-bond donors (Lipinski definition) is 1. The van der Waals surface area contributed by atoms with Gasteiger partial charge in [0.1, 0.15) is 0 Å². The van der Waals surface area contributed by atoms with Crippen LogP contribution in [0.3, 0.4) is 0 Å². The zero-order valence-corrected chi connectivity index (χ0v) is 15.4. The van der Waals surface area contributed by atoms with Crippen molar-refractivity contribution in [1.82, 2.24) is 10.2 Å². The minimum Gasteiger partial charge on any atom is -0.454 e. The molecule has 8 nitrogen and oxygen atoms in total. The van der Waals surface area contributed by atoms with E-state index in [-0.39, 0.29) is 49.1 Å². The van der Waals surface area contributed by atoms with Crippen LogP contribution in [-0.2, 0) is 26.0 Å². The molecule has 0 aromatic heterocycles. The fourth-order valence-electron chi connectivity index (χ4n) is 3.05. The highest BCUT2D eigenvalue weighted by Crippen LogP contribution is 2.32. The topological polar surface area (TPSA) is 102 Å². The number of rotatable bonds is 6. The Morgan fingerprint density at radius 1 is 1.27 bits per heavy atom. The molecule has 0 spiro atoms. The maximum absolute atomic E-state index is 12.1. The van der Waals surface area contributed by atoms with Gasteiger partial charge in [-0.05, 0) is 24.1 Å². The van der Waals surface area contributed by atoms with E-state index in [0.717, 1.165) is 5.56 Å². The Morgan fingerprint density at radius 2 is 2.04 bits per heavy atom. The first-order chi connectivity index (χ1) is 12.3. The molecule has 26 heavy (non-hydrogen) atoms. The summed E-state index contributed by atoms with van der Waals surface area (Å²) in [5.41, 5.74) is 0.881. The quantitative estimate of drug-likeness (QED) is 0.767. The molecule has 3 rings (SSSR count). The second kappa shape index (κ2) is 7.53. The highest BCUT2D eigenvalue weighted by atomic mass is 32.2. The van der Waals surface area contributed by atoms with Crippen LogP contribution in [0.15, 0.2) is 18.2 Å². The van der Waals surface area contributed by atoms with Gasteiger partial charge >= 0.3 is 0 Å². The molecule has 1 unspecified atom stereocenters. The molecule has 0 radical (unpaired) electrons. The molecular formula is C17H22N2O6S.